The lowest BCUT2D eigenvalue weighted by molar-refractivity contribution is -0.116. The first-order valence-corrected chi connectivity index (χ1v) is 11.3. The maximum Gasteiger partial charge on any atom is 0.253 e. The van der Waals surface area contributed by atoms with Gasteiger partial charge in [0, 0.05) is 24.9 Å². The van der Waals surface area contributed by atoms with Crippen molar-refractivity contribution in [2.45, 2.75) is 19.3 Å². The molecule has 0 aliphatic heterocycles. The molecule has 4 rings (SSSR count). The minimum Gasteiger partial charge on any atom is -0.497 e. The molecule has 0 radical (unpaired) electrons. The molecular weight excluding hydrogens is 444 g/mol. The molecule has 0 bridgehead atoms. The molecule has 0 atom stereocenters. The monoisotopic (exact) mass is 470 g/mol. The van der Waals surface area contributed by atoms with E-state index in [-0.39, 0.29) is 24.7 Å². The summed E-state index contributed by atoms with van der Waals surface area (Å²) in [6.07, 6.45) is 1.14. The molecule has 8 nitrogen and oxygen atoms in total. The highest BCUT2D eigenvalue weighted by Crippen LogP contribution is 2.20. The van der Waals surface area contributed by atoms with E-state index in [2.05, 4.69) is 20.8 Å². The first kappa shape index (κ1) is 23.7. The van der Waals surface area contributed by atoms with Crippen molar-refractivity contribution >= 4 is 17.5 Å². The number of carbonyl (C=O) groups is 2. The normalized spacial score (nSPS) is 10.5. The Morgan fingerprint density at radius 3 is 2.43 bits per heavy atom. The standard InChI is InChI=1S/C27H26N4O4/c1-34-21-13-11-20(12-14-21)26-30-25(35-31-26)16-15-24(32)29-23-10-6-5-9-22(23)27(33)28-18-17-19-7-3-2-4-8-19/h2-14H,15-18H2,1H3,(H,28,33)(H,29,32). The van der Waals surface area contributed by atoms with Crippen LogP contribution >= 0.6 is 0 Å². The summed E-state index contributed by atoms with van der Waals surface area (Å²) in [6, 6.07) is 24.2. The zero-order valence-electron chi connectivity index (χ0n) is 19.4. The molecule has 0 saturated carbocycles. The number of aromatic nitrogens is 2. The molecule has 8 heteroatoms. The lowest BCUT2D eigenvalue weighted by atomic mass is 10.1. The topological polar surface area (TPSA) is 106 Å². The van der Waals surface area contributed by atoms with E-state index < -0.39 is 0 Å². The van der Waals surface area contributed by atoms with Gasteiger partial charge in [0.05, 0.1) is 18.4 Å². The Labute approximate surface area is 203 Å². The number of benzene rings is 3. The van der Waals surface area contributed by atoms with Crippen LogP contribution in [0.25, 0.3) is 11.4 Å². The minimum atomic E-state index is -0.251. The number of amides is 2. The van der Waals surface area contributed by atoms with Crippen LogP contribution in [0.3, 0.4) is 0 Å². The number of hydrogen-bond acceptors (Lipinski definition) is 6. The predicted octanol–water partition coefficient (Wildman–Crippen LogP) is 4.29. The second kappa shape index (κ2) is 11.6. The quantitative estimate of drug-likeness (QED) is 0.358. The Bertz CT molecular complexity index is 1270. The first-order chi connectivity index (χ1) is 17.1. The van der Waals surface area contributed by atoms with Gasteiger partial charge in [0.15, 0.2) is 0 Å². The number of hydrogen-bond donors (Lipinski definition) is 2. The molecule has 0 fully saturated rings. The van der Waals surface area contributed by atoms with Crippen molar-refractivity contribution in [1.82, 2.24) is 15.5 Å². The third-order valence-electron chi connectivity index (χ3n) is 5.37. The highest BCUT2D eigenvalue weighted by atomic mass is 16.5. The smallest absolute Gasteiger partial charge is 0.253 e. The fraction of sp³-hybridized carbons (Fsp3) is 0.185. The number of carbonyl (C=O) groups excluding carboxylic acids is 2. The molecule has 1 heterocycles. The molecule has 0 aliphatic rings. The summed E-state index contributed by atoms with van der Waals surface area (Å²) in [6.45, 7) is 0.499. The van der Waals surface area contributed by atoms with Gasteiger partial charge < -0.3 is 19.9 Å². The number of rotatable bonds is 10. The molecule has 3 aromatic carbocycles. The van der Waals surface area contributed by atoms with Crippen LogP contribution in [0.2, 0.25) is 0 Å². The SMILES string of the molecule is COc1ccc(-c2noc(CCC(=O)Nc3ccccc3C(=O)NCCc3ccccc3)n2)cc1. The van der Waals surface area contributed by atoms with E-state index in [0.717, 1.165) is 23.3 Å². The van der Waals surface area contributed by atoms with Crippen LogP contribution in [0.15, 0.2) is 83.4 Å². The lowest BCUT2D eigenvalue weighted by Gasteiger charge is -2.11. The van der Waals surface area contributed by atoms with Crippen LogP contribution in [0.5, 0.6) is 5.75 Å². The maximum absolute atomic E-state index is 12.7. The van der Waals surface area contributed by atoms with Crippen LogP contribution in [0, 0.1) is 0 Å². The van der Waals surface area contributed by atoms with Gasteiger partial charge in [-0.05, 0) is 48.4 Å². The third-order valence-corrected chi connectivity index (χ3v) is 5.37. The number of methoxy groups -OCH3 is 1. The molecule has 0 unspecified atom stereocenters. The molecule has 4 aromatic rings. The molecular formula is C27H26N4O4. The van der Waals surface area contributed by atoms with Crippen molar-refractivity contribution in [3.63, 3.8) is 0 Å². The van der Waals surface area contributed by atoms with E-state index in [9.17, 15) is 9.59 Å². The van der Waals surface area contributed by atoms with Crippen LogP contribution < -0.4 is 15.4 Å². The molecule has 2 N–H and O–H groups in total. The largest absolute Gasteiger partial charge is 0.497 e. The molecule has 1 aromatic heterocycles. The second-order valence-corrected chi connectivity index (χ2v) is 7.83. The fourth-order valence-electron chi connectivity index (χ4n) is 3.50. The van der Waals surface area contributed by atoms with Gasteiger partial charge in [-0.15, -0.1) is 0 Å². The van der Waals surface area contributed by atoms with Crippen LogP contribution in [0.4, 0.5) is 5.69 Å². The number of ether oxygens (including phenoxy) is 1. The Kier molecular flexibility index (Phi) is 7.85. The van der Waals surface area contributed by atoms with E-state index >= 15 is 0 Å². The fourth-order valence-corrected chi connectivity index (χ4v) is 3.50. The zero-order chi connectivity index (χ0) is 24.5. The van der Waals surface area contributed by atoms with Crippen molar-refractivity contribution in [1.29, 1.82) is 0 Å². The highest BCUT2D eigenvalue weighted by Gasteiger charge is 2.15. The van der Waals surface area contributed by atoms with Gasteiger partial charge >= 0.3 is 0 Å². The van der Waals surface area contributed by atoms with Gasteiger partial charge in [-0.1, -0.05) is 47.6 Å². The van der Waals surface area contributed by atoms with Gasteiger partial charge in [0.1, 0.15) is 5.75 Å². The maximum atomic E-state index is 12.7. The van der Waals surface area contributed by atoms with Crippen molar-refractivity contribution < 1.29 is 18.8 Å². The summed E-state index contributed by atoms with van der Waals surface area (Å²) in [4.78, 5) is 29.6. The summed E-state index contributed by atoms with van der Waals surface area (Å²) in [5.74, 6) is 1.05. The summed E-state index contributed by atoms with van der Waals surface area (Å²) in [5, 5.41) is 9.71. The molecule has 35 heavy (non-hydrogen) atoms. The third kappa shape index (κ3) is 6.54. The van der Waals surface area contributed by atoms with E-state index in [1.807, 2.05) is 54.6 Å². The molecule has 2 amide bonds. The number of para-hydroxylation sites is 1. The number of aryl methyl sites for hydroxylation is 1. The molecule has 0 spiro atoms. The molecule has 178 valence electrons. The van der Waals surface area contributed by atoms with E-state index in [4.69, 9.17) is 9.26 Å². The lowest BCUT2D eigenvalue weighted by Crippen LogP contribution is -2.27. The van der Waals surface area contributed by atoms with Crippen molar-refractivity contribution in [2.24, 2.45) is 0 Å². The second-order valence-electron chi connectivity index (χ2n) is 7.83. The highest BCUT2D eigenvalue weighted by molar-refractivity contribution is 6.03. The summed E-state index contributed by atoms with van der Waals surface area (Å²) in [5.41, 5.74) is 2.80. The number of nitrogens with zero attached hydrogens (tertiary/aromatic N) is 2. The summed E-state index contributed by atoms with van der Waals surface area (Å²) >= 11 is 0. The van der Waals surface area contributed by atoms with E-state index in [1.165, 1.54) is 0 Å². The van der Waals surface area contributed by atoms with Crippen molar-refractivity contribution in [3.05, 3.63) is 95.9 Å². The van der Waals surface area contributed by atoms with E-state index in [1.54, 1.807) is 31.4 Å². The molecule has 0 aliphatic carbocycles. The Balaban J connectivity index is 1.30. The van der Waals surface area contributed by atoms with Crippen molar-refractivity contribution in [3.8, 4) is 17.1 Å². The average molecular weight is 471 g/mol. The zero-order valence-corrected chi connectivity index (χ0v) is 19.4. The number of anilines is 1. The van der Waals surface area contributed by atoms with Crippen LogP contribution in [-0.2, 0) is 17.6 Å². The van der Waals surface area contributed by atoms with Crippen LogP contribution in [-0.4, -0.2) is 35.6 Å². The summed E-state index contributed by atoms with van der Waals surface area (Å²) < 4.78 is 10.4. The predicted molar refractivity (Wildman–Crippen MR) is 132 cm³/mol. The Morgan fingerprint density at radius 1 is 0.914 bits per heavy atom. The van der Waals surface area contributed by atoms with Gasteiger partial charge in [-0.25, -0.2) is 0 Å². The van der Waals surface area contributed by atoms with Crippen molar-refractivity contribution in [2.75, 3.05) is 19.0 Å². The Hall–Kier alpha value is -4.46. The van der Waals surface area contributed by atoms with Gasteiger partial charge in [-0.2, -0.15) is 4.98 Å². The van der Waals surface area contributed by atoms with E-state index in [0.29, 0.717) is 29.5 Å². The average Bonchev–Trinajstić information content (AvgIpc) is 3.37. The first-order valence-electron chi connectivity index (χ1n) is 11.3. The minimum absolute atomic E-state index is 0.133. The van der Waals surface area contributed by atoms with Gasteiger partial charge in [0.2, 0.25) is 17.6 Å². The number of nitrogens with one attached hydrogen (secondary N) is 2. The van der Waals surface area contributed by atoms with Gasteiger partial charge in [0.25, 0.3) is 5.91 Å². The Morgan fingerprint density at radius 2 is 1.66 bits per heavy atom. The summed E-state index contributed by atoms with van der Waals surface area (Å²) in [7, 11) is 1.60. The van der Waals surface area contributed by atoms with Crippen LogP contribution in [0.1, 0.15) is 28.2 Å². The van der Waals surface area contributed by atoms with Gasteiger partial charge in [-0.3, -0.25) is 9.59 Å². The molecule has 0 saturated heterocycles.